The molecule has 0 saturated carbocycles. The summed E-state index contributed by atoms with van der Waals surface area (Å²) in [6, 6.07) is 18.6. The lowest BCUT2D eigenvalue weighted by Crippen LogP contribution is -2.21. The average Bonchev–Trinajstić information content (AvgIpc) is 2.46. The van der Waals surface area contributed by atoms with Gasteiger partial charge in [-0.1, -0.05) is 49.1 Å². The first-order valence-corrected chi connectivity index (χ1v) is 6.69. The molecule has 2 heteroatoms. The molecule has 1 unspecified atom stereocenters. The fourth-order valence-electron chi connectivity index (χ4n) is 1.89. The van der Waals surface area contributed by atoms with E-state index in [-0.39, 0.29) is 18.4 Å². The third-order valence-corrected chi connectivity index (χ3v) is 3.07. The van der Waals surface area contributed by atoms with Crippen LogP contribution < -0.4 is 5.73 Å². The molecule has 104 valence electrons. The van der Waals surface area contributed by atoms with Crippen LogP contribution in [0.3, 0.4) is 0 Å². The molecule has 2 aromatic carbocycles. The molecule has 0 spiro atoms. The molecule has 1 atom stereocenters. The molecule has 0 radical (unpaired) electrons. The van der Waals surface area contributed by atoms with Crippen LogP contribution in [0.25, 0.3) is 0 Å². The number of nitrogens with two attached hydrogens (primary N) is 1. The lowest BCUT2D eigenvalue weighted by molar-refractivity contribution is 0.646. The summed E-state index contributed by atoms with van der Waals surface area (Å²) in [5.74, 6) is 6.38. The molecule has 0 aliphatic rings. The molecule has 1 nitrogen and oxygen atoms in total. The van der Waals surface area contributed by atoms with Crippen molar-refractivity contribution < 1.29 is 0 Å². The van der Waals surface area contributed by atoms with Gasteiger partial charge in [0, 0.05) is 17.2 Å². The summed E-state index contributed by atoms with van der Waals surface area (Å²) in [7, 11) is 0. The molecule has 0 aliphatic carbocycles. The summed E-state index contributed by atoms with van der Waals surface area (Å²) in [4.78, 5) is 0. The van der Waals surface area contributed by atoms with Gasteiger partial charge in [0.25, 0.3) is 0 Å². The van der Waals surface area contributed by atoms with Crippen molar-refractivity contribution in [3.8, 4) is 11.8 Å². The molecule has 0 aliphatic heterocycles. The van der Waals surface area contributed by atoms with Crippen LogP contribution in [-0.4, -0.2) is 6.04 Å². The zero-order chi connectivity index (χ0) is 13.5. The van der Waals surface area contributed by atoms with Crippen molar-refractivity contribution >= 4 is 12.4 Å². The maximum Gasteiger partial charge on any atom is 0.0251 e. The second-order valence-electron chi connectivity index (χ2n) is 4.69. The van der Waals surface area contributed by atoms with E-state index in [0.717, 1.165) is 24.0 Å². The molecule has 0 bridgehead atoms. The van der Waals surface area contributed by atoms with Gasteiger partial charge in [0.05, 0.1) is 0 Å². The van der Waals surface area contributed by atoms with Crippen LogP contribution in [-0.2, 0) is 6.42 Å². The number of benzene rings is 2. The van der Waals surface area contributed by atoms with Crippen molar-refractivity contribution in [1.82, 2.24) is 0 Å². The first-order valence-electron chi connectivity index (χ1n) is 6.69. The van der Waals surface area contributed by atoms with Gasteiger partial charge in [-0.15, -0.1) is 12.4 Å². The van der Waals surface area contributed by atoms with E-state index in [9.17, 15) is 0 Å². The lowest BCUT2D eigenvalue weighted by atomic mass is 10.0. The van der Waals surface area contributed by atoms with E-state index >= 15 is 0 Å². The van der Waals surface area contributed by atoms with Gasteiger partial charge in [-0.05, 0) is 42.7 Å². The summed E-state index contributed by atoms with van der Waals surface area (Å²) < 4.78 is 0. The topological polar surface area (TPSA) is 26.0 Å². The van der Waals surface area contributed by atoms with Crippen LogP contribution in [0, 0.1) is 11.8 Å². The van der Waals surface area contributed by atoms with E-state index < -0.39 is 0 Å². The molecule has 20 heavy (non-hydrogen) atoms. The Morgan fingerprint density at radius 3 is 2.30 bits per heavy atom. The minimum Gasteiger partial charge on any atom is -0.327 e. The van der Waals surface area contributed by atoms with Gasteiger partial charge in [0.15, 0.2) is 0 Å². The number of hydrogen-bond acceptors (Lipinski definition) is 1. The van der Waals surface area contributed by atoms with Crippen molar-refractivity contribution in [2.24, 2.45) is 5.73 Å². The Balaban J connectivity index is 0.00000200. The zero-order valence-corrected chi connectivity index (χ0v) is 12.5. The molecule has 2 rings (SSSR count). The van der Waals surface area contributed by atoms with Crippen molar-refractivity contribution in [1.29, 1.82) is 0 Å². The second-order valence-corrected chi connectivity index (χ2v) is 4.69. The monoisotopic (exact) mass is 285 g/mol. The molecule has 0 saturated heterocycles. The smallest absolute Gasteiger partial charge is 0.0251 e. The molecular formula is C18H20ClN. The van der Waals surface area contributed by atoms with Gasteiger partial charge in [-0.3, -0.25) is 0 Å². The molecule has 2 aromatic rings. The highest BCUT2D eigenvalue weighted by molar-refractivity contribution is 5.85. The summed E-state index contributed by atoms with van der Waals surface area (Å²) >= 11 is 0. The van der Waals surface area contributed by atoms with E-state index in [0.29, 0.717) is 0 Å². The zero-order valence-electron chi connectivity index (χ0n) is 11.7. The van der Waals surface area contributed by atoms with Crippen molar-refractivity contribution in [2.75, 3.05) is 0 Å². The van der Waals surface area contributed by atoms with E-state index in [1.807, 2.05) is 42.5 Å². The molecule has 2 N–H and O–H groups in total. The largest absolute Gasteiger partial charge is 0.327 e. The molecular weight excluding hydrogens is 266 g/mol. The number of rotatable bonds is 3. The van der Waals surface area contributed by atoms with E-state index in [2.05, 4.69) is 30.9 Å². The minimum absolute atomic E-state index is 0. The predicted molar refractivity (Wildman–Crippen MR) is 88.1 cm³/mol. The van der Waals surface area contributed by atoms with Crippen molar-refractivity contribution in [3.05, 3.63) is 71.3 Å². The quantitative estimate of drug-likeness (QED) is 0.853. The summed E-state index contributed by atoms with van der Waals surface area (Å²) in [6.07, 6.45) is 1.91. The summed E-state index contributed by atoms with van der Waals surface area (Å²) in [5.41, 5.74) is 9.33. The first kappa shape index (κ1) is 16.3. The van der Waals surface area contributed by atoms with Crippen LogP contribution >= 0.6 is 12.4 Å². The number of hydrogen-bond donors (Lipinski definition) is 1. The van der Waals surface area contributed by atoms with Crippen LogP contribution in [0.15, 0.2) is 54.6 Å². The van der Waals surface area contributed by atoms with Crippen LogP contribution in [0.2, 0.25) is 0 Å². The Bertz CT molecular complexity index is 581. The summed E-state index contributed by atoms with van der Waals surface area (Å²) in [6.45, 7) is 2.11. The average molecular weight is 286 g/mol. The Hall–Kier alpha value is -1.75. The Kier molecular flexibility index (Phi) is 6.87. The van der Waals surface area contributed by atoms with E-state index in [1.54, 1.807) is 0 Å². The standard InChI is InChI=1S/C18H19N.ClH/c1-2-18(19)14-17-10-6-9-16(13-17)12-11-15-7-4-3-5-8-15;/h3-10,13,18H,2,14,19H2,1H3;1H. The van der Waals surface area contributed by atoms with Gasteiger partial charge in [0.1, 0.15) is 0 Å². The third-order valence-electron chi connectivity index (χ3n) is 3.07. The normalized spacial score (nSPS) is 10.9. The van der Waals surface area contributed by atoms with Gasteiger partial charge >= 0.3 is 0 Å². The Morgan fingerprint density at radius 1 is 0.950 bits per heavy atom. The third kappa shape index (κ3) is 5.09. The van der Waals surface area contributed by atoms with Gasteiger partial charge in [-0.25, -0.2) is 0 Å². The molecule has 0 aromatic heterocycles. The van der Waals surface area contributed by atoms with Crippen LogP contribution in [0.4, 0.5) is 0 Å². The van der Waals surface area contributed by atoms with Gasteiger partial charge < -0.3 is 5.73 Å². The van der Waals surface area contributed by atoms with Gasteiger partial charge in [0.2, 0.25) is 0 Å². The fourth-order valence-corrected chi connectivity index (χ4v) is 1.89. The second kappa shape index (κ2) is 8.43. The molecule has 0 amide bonds. The maximum absolute atomic E-state index is 5.98. The summed E-state index contributed by atoms with van der Waals surface area (Å²) in [5, 5.41) is 0. The van der Waals surface area contributed by atoms with Crippen molar-refractivity contribution in [2.45, 2.75) is 25.8 Å². The first-order chi connectivity index (χ1) is 9.28. The minimum atomic E-state index is 0. The highest BCUT2D eigenvalue weighted by atomic mass is 35.5. The SMILES string of the molecule is CCC(N)Cc1cccc(C#Cc2ccccc2)c1.Cl. The maximum atomic E-state index is 5.98. The Labute approximate surface area is 127 Å². The predicted octanol–water partition coefficient (Wildman–Crippen LogP) is 3.79. The van der Waals surface area contributed by atoms with Crippen LogP contribution in [0.1, 0.15) is 30.0 Å². The number of halogens is 1. The fraction of sp³-hybridized carbons (Fsp3) is 0.222. The van der Waals surface area contributed by atoms with Crippen molar-refractivity contribution in [3.63, 3.8) is 0 Å². The van der Waals surface area contributed by atoms with E-state index in [1.165, 1.54) is 5.56 Å². The highest BCUT2D eigenvalue weighted by Gasteiger charge is 2.01. The van der Waals surface area contributed by atoms with Crippen LogP contribution in [0.5, 0.6) is 0 Å². The Morgan fingerprint density at radius 2 is 1.60 bits per heavy atom. The lowest BCUT2D eigenvalue weighted by Gasteiger charge is -2.08. The van der Waals surface area contributed by atoms with Gasteiger partial charge in [-0.2, -0.15) is 0 Å². The van der Waals surface area contributed by atoms with E-state index in [4.69, 9.17) is 5.73 Å². The molecule has 0 fully saturated rings. The highest BCUT2D eigenvalue weighted by Crippen LogP contribution is 2.08. The molecule has 0 heterocycles.